The van der Waals surface area contributed by atoms with Crippen molar-refractivity contribution in [2.45, 2.75) is 77.0 Å². The summed E-state index contributed by atoms with van der Waals surface area (Å²) in [6, 6.07) is 104. The van der Waals surface area contributed by atoms with Gasteiger partial charge in [0.2, 0.25) is 0 Å². The Morgan fingerprint density at radius 2 is 0.613 bits per heavy atom. The zero-order chi connectivity index (χ0) is 62.6. The first-order chi connectivity index (χ1) is 45.2. The van der Waals surface area contributed by atoms with E-state index in [1.165, 1.54) is 143 Å². The number of aromatic nitrogens is 1. The summed E-state index contributed by atoms with van der Waals surface area (Å²) in [6.07, 6.45) is 0. The van der Waals surface area contributed by atoms with Crippen molar-refractivity contribution < 1.29 is 0 Å². The number of hydrogen-bond donors (Lipinski definition) is 0. The Hall–Kier alpha value is -10.7. The van der Waals surface area contributed by atoms with E-state index < -0.39 is 0 Å². The average molecular weight is 1190 g/mol. The van der Waals surface area contributed by atoms with Crippen LogP contribution in [0, 0.1) is 0 Å². The predicted octanol–water partition coefficient (Wildman–Crippen LogP) is 24.4. The van der Waals surface area contributed by atoms with Gasteiger partial charge in [-0.1, -0.05) is 243 Å². The molecule has 0 bridgehead atoms. The highest BCUT2D eigenvalue weighted by atomic mass is 15.2. The highest BCUT2D eigenvalue weighted by molar-refractivity contribution is 6.17. The van der Waals surface area contributed by atoms with Crippen molar-refractivity contribution in [2.24, 2.45) is 0 Å². The van der Waals surface area contributed by atoms with E-state index >= 15 is 0 Å². The standard InChI is InChI=1S/C90H69N3/c1-87(2)73-34-20-16-26-61(73)63-43-40-58(49-77(63)87)91(83-52-79-85(68-30-14-12-28-65(68)83)70-32-18-22-36-75(70)89(79,5)6)57-39-38-54-47-72-67-45-42-60(51-82(67)93(56-24-10-9-11-25-56)81(72)48-55(54)46-57)92(59-41-44-64-62-27-17-21-35-74(62)88(3,4)78(64)50-59)84-53-80-86(69-31-15-13-29-66(69)84)71-33-19-23-37-76(71)90(80,7)8/h9-53H,1-8H3. The van der Waals surface area contributed by atoms with Crippen LogP contribution in [0.25, 0.3) is 104 Å². The van der Waals surface area contributed by atoms with Crippen LogP contribution in [-0.2, 0) is 21.7 Å². The molecule has 0 amide bonds. The normalized spacial score (nSPS) is 15.2. The maximum atomic E-state index is 2.58. The van der Waals surface area contributed by atoms with Crippen LogP contribution in [0.1, 0.15) is 99.9 Å². The fraction of sp³-hybridized carbons (Fsp3) is 0.133. The van der Waals surface area contributed by atoms with Gasteiger partial charge in [-0.25, -0.2) is 0 Å². The first-order valence-electron chi connectivity index (χ1n) is 33.1. The third-order valence-electron chi connectivity index (χ3n) is 22.5. The molecule has 0 saturated heterocycles. The summed E-state index contributed by atoms with van der Waals surface area (Å²) in [5, 5.41) is 9.80. The summed E-state index contributed by atoms with van der Waals surface area (Å²) >= 11 is 0. The van der Waals surface area contributed by atoms with Crippen LogP contribution in [0.2, 0.25) is 0 Å². The van der Waals surface area contributed by atoms with Gasteiger partial charge < -0.3 is 14.4 Å². The number of nitrogens with zero attached hydrogens (tertiary/aromatic N) is 3. The van der Waals surface area contributed by atoms with Crippen LogP contribution in [0.4, 0.5) is 34.1 Å². The van der Waals surface area contributed by atoms with Gasteiger partial charge in [0.05, 0.1) is 22.4 Å². The molecule has 93 heavy (non-hydrogen) atoms. The third kappa shape index (κ3) is 7.37. The predicted molar refractivity (Wildman–Crippen MR) is 393 cm³/mol. The first kappa shape index (κ1) is 54.0. The van der Waals surface area contributed by atoms with Gasteiger partial charge in [-0.3, -0.25) is 0 Å². The minimum absolute atomic E-state index is 0.183. The molecule has 0 radical (unpaired) electrons. The second kappa shape index (κ2) is 18.9. The minimum Gasteiger partial charge on any atom is -0.310 e. The molecule has 0 atom stereocenters. The van der Waals surface area contributed by atoms with E-state index in [-0.39, 0.29) is 21.7 Å². The molecular formula is C90H69N3. The maximum Gasteiger partial charge on any atom is 0.0561 e. The summed E-state index contributed by atoms with van der Waals surface area (Å²) in [5.41, 5.74) is 31.0. The monoisotopic (exact) mass is 1190 g/mol. The van der Waals surface area contributed by atoms with Gasteiger partial charge in [0.15, 0.2) is 0 Å². The third-order valence-corrected chi connectivity index (χ3v) is 22.5. The first-order valence-corrected chi connectivity index (χ1v) is 33.1. The van der Waals surface area contributed by atoms with Crippen molar-refractivity contribution in [2.75, 3.05) is 9.80 Å². The molecule has 19 rings (SSSR count). The van der Waals surface area contributed by atoms with Crippen molar-refractivity contribution in [3.05, 3.63) is 317 Å². The van der Waals surface area contributed by atoms with Crippen molar-refractivity contribution in [3.8, 4) is 50.2 Å². The largest absolute Gasteiger partial charge is 0.310 e. The lowest BCUT2D eigenvalue weighted by Gasteiger charge is -2.31. The number of hydrogen-bond acceptors (Lipinski definition) is 2. The number of anilines is 6. The highest BCUT2D eigenvalue weighted by Crippen LogP contribution is 2.59. The SMILES string of the molecule is CC1(C)c2ccccc2-c2ccc(N(c3ccc4cc5c6ccc(N(c7ccc8c(c7)C(C)(C)c7ccccc7-8)c7cc8c(c9ccccc79)-c7ccccc7C8(C)C)cc6n(-c6ccccc6)c5cc4c3)c3cc4c(c5ccccc35)-c3ccccc3C4(C)C)cc21. The van der Waals surface area contributed by atoms with Crippen LogP contribution < -0.4 is 9.80 Å². The molecule has 3 heteroatoms. The quantitative estimate of drug-likeness (QED) is 0.158. The van der Waals surface area contributed by atoms with E-state index in [1.54, 1.807) is 0 Å². The van der Waals surface area contributed by atoms with Crippen molar-refractivity contribution in [1.82, 2.24) is 4.57 Å². The molecule has 14 aromatic carbocycles. The molecule has 444 valence electrons. The molecule has 0 N–H and O–H groups in total. The van der Waals surface area contributed by atoms with E-state index in [2.05, 4.69) is 343 Å². The molecule has 3 nitrogen and oxygen atoms in total. The smallest absolute Gasteiger partial charge is 0.0561 e. The highest BCUT2D eigenvalue weighted by Gasteiger charge is 2.42. The van der Waals surface area contributed by atoms with E-state index in [0.717, 1.165) is 39.5 Å². The number of fused-ring (bicyclic) bond motifs is 20. The van der Waals surface area contributed by atoms with Gasteiger partial charge >= 0.3 is 0 Å². The Balaban J connectivity index is 0.841. The summed E-state index contributed by atoms with van der Waals surface area (Å²) < 4.78 is 2.52. The van der Waals surface area contributed by atoms with Gasteiger partial charge in [-0.2, -0.15) is 0 Å². The Morgan fingerprint density at radius 1 is 0.237 bits per heavy atom. The van der Waals surface area contributed by atoms with E-state index in [0.29, 0.717) is 0 Å². The van der Waals surface area contributed by atoms with Crippen LogP contribution >= 0.6 is 0 Å². The second-order valence-electron chi connectivity index (χ2n) is 28.8. The molecule has 15 aromatic rings. The maximum absolute atomic E-state index is 2.58. The van der Waals surface area contributed by atoms with Crippen molar-refractivity contribution in [3.63, 3.8) is 0 Å². The van der Waals surface area contributed by atoms with Gasteiger partial charge in [-0.15, -0.1) is 0 Å². The van der Waals surface area contributed by atoms with Gasteiger partial charge in [-0.05, 0) is 195 Å². The summed E-state index contributed by atoms with van der Waals surface area (Å²) in [7, 11) is 0. The van der Waals surface area contributed by atoms with Gasteiger partial charge in [0.1, 0.15) is 0 Å². The Bertz CT molecular complexity index is 5770. The molecule has 0 saturated carbocycles. The van der Waals surface area contributed by atoms with Gasteiger partial charge in [0, 0.05) is 71.6 Å². The average Bonchev–Trinajstić information content (AvgIpc) is 1.59. The molecular weight excluding hydrogens is 1120 g/mol. The molecule has 4 aliphatic carbocycles. The molecule has 0 spiro atoms. The molecule has 0 aliphatic heterocycles. The fourth-order valence-corrected chi connectivity index (χ4v) is 17.8. The second-order valence-corrected chi connectivity index (χ2v) is 28.8. The lowest BCUT2D eigenvalue weighted by atomic mass is 9.81. The van der Waals surface area contributed by atoms with Crippen LogP contribution in [-0.4, -0.2) is 4.57 Å². The van der Waals surface area contributed by atoms with Crippen LogP contribution in [0.5, 0.6) is 0 Å². The van der Waals surface area contributed by atoms with E-state index in [9.17, 15) is 0 Å². The van der Waals surface area contributed by atoms with Crippen LogP contribution in [0.3, 0.4) is 0 Å². The summed E-state index contributed by atoms with van der Waals surface area (Å²) in [4.78, 5) is 5.14. The zero-order valence-corrected chi connectivity index (χ0v) is 53.8. The molecule has 1 heterocycles. The molecule has 0 unspecified atom stereocenters. The zero-order valence-electron chi connectivity index (χ0n) is 53.8. The van der Waals surface area contributed by atoms with E-state index in [1.807, 2.05) is 0 Å². The molecule has 4 aliphatic rings. The number of rotatable bonds is 7. The van der Waals surface area contributed by atoms with Crippen molar-refractivity contribution in [1.29, 1.82) is 0 Å². The molecule has 1 aromatic heterocycles. The summed E-state index contributed by atoms with van der Waals surface area (Å²) in [6.45, 7) is 19.2. The van der Waals surface area contributed by atoms with Crippen molar-refractivity contribution >= 4 is 88.2 Å². The Labute approximate surface area is 544 Å². The number of benzene rings is 14. The Kier molecular flexibility index (Phi) is 11.0. The Morgan fingerprint density at radius 3 is 1.13 bits per heavy atom. The lowest BCUT2D eigenvalue weighted by Crippen LogP contribution is -2.18. The minimum atomic E-state index is -0.219. The summed E-state index contributed by atoms with van der Waals surface area (Å²) in [5.74, 6) is 0. The number of para-hydroxylation sites is 1. The topological polar surface area (TPSA) is 11.4 Å². The fourth-order valence-electron chi connectivity index (χ4n) is 17.8. The van der Waals surface area contributed by atoms with Gasteiger partial charge in [0.25, 0.3) is 0 Å². The van der Waals surface area contributed by atoms with E-state index in [4.69, 9.17) is 0 Å². The van der Waals surface area contributed by atoms with Crippen LogP contribution in [0.15, 0.2) is 273 Å². The molecule has 0 fully saturated rings. The lowest BCUT2D eigenvalue weighted by molar-refractivity contribution is 0.660.